The summed E-state index contributed by atoms with van der Waals surface area (Å²) < 4.78 is 17.5. The fourth-order valence-electron chi connectivity index (χ4n) is 2.66. The van der Waals surface area contributed by atoms with E-state index in [-0.39, 0.29) is 6.29 Å². The van der Waals surface area contributed by atoms with E-state index in [0.29, 0.717) is 5.92 Å². The largest absolute Gasteiger partial charge is 0.494 e. The summed E-state index contributed by atoms with van der Waals surface area (Å²) in [4.78, 5) is 0. The van der Waals surface area contributed by atoms with Gasteiger partial charge in [-0.2, -0.15) is 0 Å². The van der Waals surface area contributed by atoms with Gasteiger partial charge in [-0.3, -0.25) is 0 Å². The molecule has 0 radical (unpaired) electrons. The third-order valence-corrected chi connectivity index (χ3v) is 4.10. The van der Waals surface area contributed by atoms with Crippen LogP contribution in [0.15, 0.2) is 24.3 Å². The van der Waals surface area contributed by atoms with Gasteiger partial charge in [0, 0.05) is 11.5 Å². The lowest BCUT2D eigenvalue weighted by Crippen LogP contribution is -2.27. The van der Waals surface area contributed by atoms with Gasteiger partial charge in [0.05, 0.1) is 19.8 Å². The summed E-state index contributed by atoms with van der Waals surface area (Å²) in [6.45, 7) is 6.83. The van der Waals surface area contributed by atoms with Gasteiger partial charge in [0.2, 0.25) is 0 Å². The number of hydrogen-bond acceptors (Lipinski definition) is 3. The normalized spacial score (nSPS) is 21.7. The summed E-state index contributed by atoms with van der Waals surface area (Å²) in [5.74, 6) is 1.48. The molecular weight excluding hydrogens is 276 g/mol. The van der Waals surface area contributed by atoms with Crippen molar-refractivity contribution in [2.24, 2.45) is 5.92 Å². The van der Waals surface area contributed by atoms with Crippen molar-refractivity contribution in [3.63, 3.8) is 0 Å². The lowest BCUT2D eigenvalue weighted by atomic mass is 10.0. The Labute approximate surface area is 135 Å². The van der Waals surface area contributed by atoms with Crippen molar-refractivity contribution in [1.82, 2.24) is 0 Å². The van der Waals surface area contributed by atoms with E-state index < -0.39 is 0 Å². The van der Waals surface area contributed by atoms with Crippen molar-refractivity contribution < 1.29 is 14.2 Å². The Hall–Kier alpha value is -1.06. The van der Waals surface area contributed by atoms with Gasteiger partial charge in [-0.25, -0.2) is 0 Å². The highest BCUT2D eigenvalue weighted by Crippen LogP contribution is 2.28. The summed E-state index contributed by atoms with van der Waals surface area (Å²) in [5, 5.41) is 0. The van der Waals surface area contributed by atoms with Gasteiger partial charge < -0.3 is 14.2 Å². The molecule has 0 aromatic heterocycles. The van der Waals surface area contributed by atoms with E-state index in [1.54, 1.807) is 0 Å². The van der Waals surface area contributed by atoms with Crippen molar-refractivity contribution in [1.29, 1.82) is 0 Å². The molecule has 0 N–H and O–H groups in total. The Bertz CT molecular complexity index is 394. The minimum absolute atomic E-state index is 0.216. The van der Waals surface area contributed by atoms with Gasteiger partial charge in [-0.15, -0.1) is 0 Å². The Morgan fingerprint density at radius 3 is 2.27 bits per heavy atom. The molecule has 1 aromatic rings. The Morgan fingerprint density at radius 1 is 0.955 bits per heavy atom. The van der Waals surface area contributed by atoms with Crippen LogP contribution in [0.4, 0.5) is 0 Å². The van der Waals surface area contributed by atoms with E-state index in [0.717, 1.165) is 37.6 Å². The van der Waals surface area contributed by atoms with Crippen LogP contribution in [0.25, 0.3) is 0 Å². The monoisotopic (exact) mass is 306 g/mol. The Balaban J connectivity index is 1.74. The molecule has 1 aromatic carbocycles. The standard InChI is InChI=1S/C19H30O3/c1-3-5-7-13-20-18-11-9-17(10-12-18)19-21-14-16(15-22-19)8-6-4-2/h9-12,16,19H,3-8,13-15H2,1-2H3. The predicted molar refractivity (Wildman–Crippen MR) is 89.1 cm³/mol. The van der Waals surface area contributed by atoms with Gasteiger partial charge >= 0.3 is 0 Å². The minimum Gasteiger partial charge on any atom is -0.494 e. The number of hydrogen-bond donors (Lipinski definition) is 0. The maximum Gasteiger partial charge on any atom is 0.183 e. The van der Waals surface area contributed by atoms with Gasteiger partial charge in [0.15, 0.2) is 6.29 Å². The van der Waals surface area contributed by atoms with E-state index >= 15 is 0 Å². The molecule has 1 aliphatic rings. The highest BCUT2D eigenvalue weighted by atomic mass is 16.7. The molecule has 0 unspecified atom stereocenters. The molecule has 0 atom stereocenters. The molecule has 1 saturated heterocycles. The fraction of sp³-hybridized carbons (Fsp3) is 0.684. The summed E-state index contributed by atoms with van der Waals surface area (Å²) in [6, 6.07) is 8.12. The molecule has 1 aliphatic heterocycles. The molecule has 0 amide bonds. The molecule has 1 heterocycles. The van der Waals surface area contributed by atoms with E-state index in [9.17, 15) is 0 Å². The van der Waals surface area contributed by atoms with Crippen LogP contribution in [-0.4, -0.2) is 19.8 Å². The molecular formula is C19H30O3. The van der Waals surface area contributed by atoms with Gasteiger partial charge in [-0.05, 0) is 25.0 Å². The molecule has 3 heteroatoms. The number of rotatable bonds is 9. The van der Waals surface area contributed by atoms with Crippen molar-refractivity contribution in [2.45, 2.75) is 58.7 Å². The molecule has 124 valence electrons. The second-order valence-corrected chi connectivity index (χ2v) is 6.13. The van der Waals surface area contributed by atoms with Crippen LogP contribution < -0.4 is 4.74 Å². The molecule has 0 bridgehead atoms. The quantitative estimate of drug-likeness (QED) is 0.593. The fourth-order valence-corrected chi connectivity index (χ4v) is 2.66. The average molecular weight is 306 g/mol. The third kappa shape index (κ3) is 5.62. The SMILES string of the molecule is CCCCCOc1ccc(C2OCC(CCCC)CO2)cc1. The maximum atomic E-state index is 5.86. The van der Waals surface area contributed by atoms with E-state index in [2.05, 4.69) is 13.8 Å². The Morgan fingerprint density at radius 2 is 1.64 bits per heavy atom. The van der Waals surface area contributed by atoms with Gasteiger partial charge in [0.25, 0.3) is 0 Å². The highest BCUT2D eigenvalue weighted by molar-refractivity contribution is 5.28. The van der Waals surface area contributed by atoms with Crippen LogP contribution >= 0.6 is 0 Å². The van der Waals surface area contributed by atoms with E-state index in [1.807, 2.05) is 24.3 Å². The smallest absolute Gasteiger partial charge is 0.183 e. The second kappa shape index (κ2) is 9.86. The molecule has 22 heavy (non-hydrogen) atoms. The molecule has 3 nitrogen and oxygen atoms in total. The molecule has 0 aliphatic carbocycles. The van der Waals surface area contributed by atoms with Gasteiger partial charge in [0.1, 0.15) is 5.75 Å². The zero-order valence-electron chi connectivity index (χ0n) is 14.1. The van der Waals surface area contributed by atoms with Crippen LogP contribution in [0, 0.1) is 5.92 Å². The first kappa shape index (κ1) is 17.3. The number of benzene rings is 1. The summed E-state index contributed by atoms with van der Waals surface area (Å²) in [6.07, 6.45) is 7.04. The first-order valence-electron chi connectivity index (χ1n) is 8.79. The minimum atomic E-state index is -0.216. The average Bonchev–Trinajstić information content (AvgIpc) is 2.58. The highest BCUT2D eigenvalue weighted by Gasteiger charge is 2.23. The molecule has 0 spiro atoms. The van der Waals surface area contributed by atoms with Crippen molar-refractivity contribution in [3.8, 4) is 5.75 Å². The van der Waals surface area contributed by atoms with Crippen LogP contribution in [-0.2, 0) is 9.47 Å². The summed E-state index contributed by atoms with van der Waals surface area (Å²) in [7, 11) is 0. The first-order chi connectivity index (χ1) is 10.8. The summed E-state index contributed by atoms with van der Waals surface area (Å²) >= 11 is 0. The van der Waals surface area contributed by atoms with Crippen LogP contribution in [0.5, 0.6) is 5.75 Å². The van der Waals surface area contributed by atoms with Crippen molar-refractivity contribution in [2.75, 3.05) is 19.8 Å². The van der Waals surface area contributed by atoms with Crippen molar-refractivity contribution in [3.05, 3.63) is 29.8 Å². The lowest BCUT2D eigenvalue weighted by Gasteiger charge is -2.29. The zero-order chi connectivity index (χ0) is 15.6. The zero-order valence-corrected chi connectivity index (χ0v) is 14.1. The van der Waals surface area contributed by atoms with E-state index in [4.69, 9.17) is 14.2 Å². The number of unbranched alkanes of at least 4 members (excludes halogenated alkanes) is 3. The predicted octanol–water partition coefficient (Wildman–Crippen LogP) is 5.11. The van der Waals surface area contributed by atoms with Crippen LogP contribution in [0.1, 0.15) is 64.2 Å². The summed E-state index contributed by atoms with van der Waals surface area (Å²) in [5.41, 5.74) is 1.08. The van der Waals surface area contributed by atoms with E-state index in [1.165, 1.54) is 32.1 Å². The molecule has 0 saturated carbocycles. The maximum absolute atomic E-state index is 5.86. The number of ether oxygens (including phenoxy) is 3. The van der Waals surface area contributed by atoms with Gasteiger partial charge in [-0.1, -0.05) is 51.7 Å². The van der Waals surface area contributed by atoms with Crippen molar-refractivity contribution >= 4 is 0 Å². The first-order valence-corrected chi connectivity index (χ1v) is 8.79. The molecule has 1 fully saturated rings. The molecule has 2 rings (SSSR count). The van der Waals surface area contributed by atoms with Crippen LogP contribution in [0.3, 0.4) is 0 Å². The second-order valence-electron chi connectivity index (χ2n) is 6.13. The Kier molecular flexibility index (Phi) is 7.75. The topological polar surface area (TPSA) is 27.7 Å². The third-order valence-electron chi connectivity index (χ3n) is 4.10. The lowest BCUT2D eigenvalue weighted by molar-refractivity contribution is -0.206. The van der Waals surface area contributed by atoms with Crippen LogP contribution in [0.2, 0.25) is 0 Å².